The van der Waals surface area contributed by atoms with Gasteiger partial charge in [0.25, 0.3) is 0 Å². The van der Waals surface area contributed by atoms with Gasteiger partial charge < -0.3 is 15.2 Å². The number of anilines is 1. The van der Waals surface area contributed by atoms with Crippen LogP contribution in [-0.2, 0) is 16.1 Å². The van der Waals surface area contributed by atoms with Crippen LogP contribution >= 0.6 is 0 Å². The predicted octanol–water partition coefficient (Wildman–Crippen LogP) is -0.216. The molecule has 2 N–H and O–H groups in total. The molecule has 0 amide bonds. The predicted molar refractivity (Wildman–Crippen MR) is 74.9 cm³/mol. The summed E-state index contributed by atoms with van der Waals surface area (Å²) in [6.07, 6.45) is 3.40. The molecule has 4 heterocycles. The second kappa shape index (κ2) is 4.89. The van der Waals surface area contributed by atoms with Gasteiger partial charge >= 0.3 is 5.69 Å². The lowest BCUT2D eigenvalue weighted by molar-refractivity contribution is -0.0478. The van der Waals surface area contributed by atoms with Gasteiger partial charge in [0, 0.05) is 18.2 Å². The second-order valence-electron chi connectivity index (χ2n) is 5.62. The van der Waals surface area contributed by atoms with Crippen LogP contribution in [0, 0.1) is 6.92 Å². The van der Waals surface area contributed by atoms with Crippen LogP contribution in [-0.4, -0.2) is 37.3 Å². The average Bonchev–Trinajstić information content (AvgIpc) is 3.07. The van der Waals surface area contributed by atoms with E-state index in [-0.39, 0.29) is 18.0 Å². The van der Waals surface area contributed by atoms with Gasteiger partial charge in [0.2, 0.25) is 0 Å². The lowest BCUT2D eigenvalue weighted by Gasteiger charge is -2.16. The molecule has 2 aromatic heterocycles. The summed E-state index contributed by atoms with van der Waals surface area (Å²) in [6.45, 7) is 2.74. The molecule has 0 bridgehead atoms. The Morgan fingerprint density at radius 2 is 2.32 bits per heavy atom. The molecule has 2 aliphatic rings. The van der Waals surface area contributed by atoms with E-state index in [1.165, 1.54) is 4.57 Å². The van der Waals surface area contributed by atoms with E-state index in [1.807, 2.05) is 11.6 Å². The van der Waals surface area contributed by atoms with Gasteiger partial charge in [0.15, 0.2) is 0 Å². The highest BCUT2D eigenvalue weighted by atomic mass is 16.6. The van der Waals surface area contributed by atoms with Crippen LogP contribution in [0.5, 0.6) is 0 Å². The lowest BCUT2D eigenvalue weighted by Crippen LogP contribution is -2.28. The van der Waals surface area contributed by atoms with Crippen LogP contribution in [0.25, 0.3) is 0 Å². The van der Waals surface area contributed by atoms with Gasteiger partial charge in [-0.25, -0.2) is 9.48 Å². The third kappa shape index (κ3) is 2.01. The fourth-order valence-corrected chi connectivity index (χ4v) is 3.01. The molecule has 0 radical (unpaired) electrons. The van der Waals surface area contributed by atoms with Crippen molar-refractivity contribution in [2.45, 2.75) is 38.3 Å². The first-order valence-electron chi connectivity index (χ1n) is 7.11. The fourth-order valence-electron chi connectivity index (χ4n) is 3.01. The zero-order valence-electron chi connectivity index (χ0n) is 12.0. The summed E-state index contributed by atoms with van der Waals surface area (Å²) in [4.78, 5) is 15.9. The summed E-state index contributed by atoms with van der Waals surface area (Å²) < 4.78 is 14.9. The van der Waals surface area contributed by atoms with Gasteiger partial charge in [-0.1, -0.05) is 5.21 Å². The van der Waals surface area contributed by atoms with Crippen LogP contribution in [0.3, 0.4) is 0 Å². The highest BCUT2D eigenvalue weighted by molar-refractivity contribution is 5.35. The second-order valence-corrected chi connectivity index (χ2v) is 5.62. The quantitative estimate of drug-likeness (QED) is 0.775. The highest BCUT2D eigenvalue weighted by Crippen LogP contribution is 2.38. The molecular formula is C13H16N6O3. The number of rotatable bonds is 1. The average molecular weight is 304 g/mol. The van der Waals surface area contributed by atoms with E-state index in [2.05, 4.69) is 15.3 Å². The largest absolute Gasteiger partial charge is 0.383 e. The Morgan fingerprint density at radius 3 is 3.18 bits per heavy atom. The van der Waals surface area contributed by atoms with E-state index in [1.54, 1.807) is 12.4 Å². The maximum Gasteiger partial charge on any atom is 0.351 e. The van der Waals surface area contributed by atoms with E-state index >= 15 is 0 Å². The maximum atomic E-state index is 12.1. The van der Waals surface area contributed by atoms with E-state index in [0.717, 1.165) is 11.3 Å². The summed E-state index contributed by atoms with van der Waals surface area (Å²) in [6, 6.07) is -0.00485. The number of nitrogens with zero attached hydrogens (tertiary/aromatic N) is 5. The van der Waals surface area contributed by atoms with Gasteiger partial charge in [0.05, 0.1) is 31.1 Å². The first kappa shape index (κ1) is 13.4. The van der Waals surface area contributed by atoms with Crippen LogP contribution < -0.4 is 11.4 Å². The number of aryl methyl sites for hydroxylation is 1. The van der Waals surface area contributed by atoms with Gasteiger partial charge in [-0.05, 0) is 6.92 Å². The number of fused-ring (bicyclic) bond motifs is 3. The summed E-state index contributed by atoms with van der Waals surface area (Å²) in [7, 11) is 0. The van der Waals surface area contributed by atoms with E-state index in [9.17, 15) is 4.79 Å². The van der Waals surface area contributed by atoms with Crippen LogP contribution in [0.2, 0.25) is 0 Å². The van der Waals surface area contributed by atoms with Crippen molar-refractivity contribution in [2.24, 2.45) is 0 Å². The molecule has 0 saturated carbocycles. The molecule has 1 saturated heterocycles. The van der Waals surface area contributed by atoms with Crippen molar-refractivity contribution < 1.29 is 9.47 Å². The van der Waals surface area contributed by atoms with Gasteiger partial charge in [-0.15, -0.1) is 5.10 Å². The van der Waals surface area contributed by atoms with Gasteiger partial charge in [-0.3, -0.25) is 4.57 Å². The third-order valence-corrected chi connectivity index (χ3v) is 4.18. The van der Waals surface area contributed by atoms with Crippen molar-refractivity contribution in [1.82, 2.24) is 24.5 Å². The minimum absolute atomic E-state index is 0.00485. The molecule has 22 heavy (non-hydrogen) atoms. The van der Waals surface area contributed by atoms with Crippen molar-refractivity contribution >= 4 is 5.82 Å². The van der Waals surface area contributed by atoms with Gasteiger partial charge in [0.1, 0.15) is 18.1 Å². The van der Waals surface area contributed by atoms with Crippen molar-refractivity contribution in [1.29, 1.82) is 0 Å². The highest BCUT2D eigenvalue weighted by Gasteiger charge is 2.41. The molecule has 9 nitrogen and oxygen atoms in total. The lowest BCUT2D eigenvalue weighted by atomic mass is 10.1. The number of hydrogen-bond donors (Lipinski definition) is 1. The molecule has 2 aliphatic heterocycles. The van der Waals surface area contributed by atoms with Crippen molar-refractivity contribution in [3.8, 4) is 0 Å². The van der Waals surface area contributed by atoms with E-state index in [0.29, 0.717) is 19.6 Å². The third-order valence-electron chi connectivity index (χ3n) is 4.18. The molecule has 0 aromatic carbocycles. The fraction of sp³-hybridized carbons (Fsp3) is 0.538. The number of hydrogen-bond acceptors (Lipinski definition) is 7. The summed E-state index contributed by atoms with van der Waals surface area (Å²) in [5.41, 5.74) is 6.91. The molecule has 0 aliphatic carbocycles. The first-order chi connectivity index (χ1) is 10.6. The Kier molecular flexibility index (Phi) is 2.98. The molecule has 116 valence electrons. The minimum Gasteiger partial charge on any atom is -0.383 e. The molecule has 0 spiro atoms. The zero-order valence-corrected chi connectivity index (χ0v) is 12.0. The Morgan fingerprint density at radius 1 is 1.45 bits per heavy atom. The van der Waals surface area contributed by atoms with Crippen molar-refractivity contribution in [3.63, 3.8) is 0 Å². The Labute approximate surface area is 125 Å². The normalized spacial score (nSPS) is 27.2. The number of aromatic nitrogens is 5. The smallest absolute Gasteiger partial charge is 0.351 e. The topological polar surface area (TPSA) is 110 Å². The Bertz CT molecular complexity index is 769. The van der Waals surface area contributed by atoms with Crippen molar-refractivity contribution in [2.75, 3.05) is 12.3 Å². The van der Waals surface area contributed by atoms with Crippen LogP contribution in [0.4, 0.5) is 5.82 Å². The molecule has 4 rings (SSSR count). The molecule has 0 unspecified atom stereocenters. The van der Waals surface area contributed by atoms with E-state index in [4.69, 9.17) is 15.2 Å². The molecule has 2 aromatic rings. The summed E-state index contributed by atoms with van der Waals surface area (Å²) in [5, 5.41) is 8.05. The molecule has 1 fully saturated rings. The molecule has 3 atom stereocenters. The minimum atomic E-state index is -0.413. The number of nitrogen functional groups attached to an aromatic ring is 1. The Hall–Kier alpha value is -2.26. The van der Waals surface area contributed by atoms with Crippen molar-refractivity contribution in [3.05, 3.63) is 34.1 Å². The maximum absolute atomic E-state index is 12.1. The van der Waals surface area contributed by atoms with Crippen LogP contribution in [0.1, 0.15) is 29.9 Å². The van der Waals surface area contributed by atoms with Crippen LogP contribution in [0.15, 0.2) is 17.2 Å². The SMILES string of the molecule is Cc1cn([C@H]2C[C@H]3[C@@H](COCc4cnnn43)O2)c(=O)nc1N. The molecular weight excluding hydrogens is 288 g/mol. The standard InChI is InChI=1S/C13H16N6O3/c1-7-4-18(13(20)16-12(7)14)11-2-9-10(22-11)6-21-5-8-3-15-17-19(8)9/h3-4,9-11H,2,5-6H2,1H3,(H2,14,16,20)/t9-,10+,11+/m0/s1. The monoisotopic (exact) mass is 304 g/mol. The molecule has 9 heteroatoms. The zero-order chi connectivity index (χ0) is 15.3. The number of ether oxygens (including phenoxy) is 2. The number of nitrogens with two attached hydrogens (primary N) is 1. The van der Waals surface area contributed by atoms with E-state index < -0.39 is 11.9 Å². The first-order valence-corrected chi connectivity index (χ1v) is 7.11. The van der Waals surface area contributed by atoms with Gasteiger partial charge in [-0.2, -0.15) is 4.98 Å². The Balaban J connectivity index is 1.69. The summed E-state index contributed by atoms with van der Waals surface area (Å²) in [5.74, 6) is 0.246. The summed E-state index contributed by atoms with van der Waals surface area (Å²) >= 11 is 0.